The molecule has 0 spiro atoms. The van der Waals surface area contributed by atoms with E-state index in [0.717, 1.165) is 231 Å². The molecular weight excluding hydrogens is 1150 g/mol. The van der Waals surface area contributed by atoms with Crippen LogP contribution in [0.2, 0.25) is 0 Å². The SMILES string of the molecule is CCc1c(C)[nH]c2c1C(=O)C(CN1CCOCC1)CC2.CCc1c(C)[nH]c2c1C(=O)C(CN1CCOCC1)CC2.CCc1c(C)[nH]c2c1C(=O)C(CN1CCOCC1)CC2.CCc1c(C)[nH]c2c1C(=O)C(CN1CCOCC1)CC2.Cl.Cl.Cl.Cl. The van der Waals surface area contributed by atoms with Crippen LogP contribution in [-0.4, -0.2) is 194 Å². The number of aryl methyl sites for hydroxylation is 8. The Balaban J connectivity index is 0.000000202. The third kappa shape index (κ3) is 16.7. The van der Waals surface area contributed by atoms with Crippen molar-refractivity contribution in [2.24, 2.45) is 23.7 Å². The molecule has 20 heteroatoms. The summed E-state index contributed by atoms with van der Waals surface area (Å²) in [6.45, 7) is 34.6. The molecule has 4 aromatic rings. The van der Waals surface area contributed by atoms with Crippen LogP contribution in [0.5, 0.6) is 0 Å². The van der Waals surface area contributed by atoms with Crippen LogP contribution in [0.15, 0.2) is 0 Å². The fourth-order valence-electron chi connectivity index (χ4n) is 14.3. The smallest absolute Gasteiger partial charge is 0.169 e. The lowest BCUT2D eigenvalue weighted by Gasteiger charge is -2.31. The molecule has 84 heavy (non-hydrogen) atoms. The number of morpholine rings is 4. The minimum Gasteiger partial charge on any atom is -0.379 e. The number of halogens is 4. The first kappa shape index (κ1) is 71.4. The molecule has 0 radical (unpaired) electrons. The summed E-state index contributed by atoms with van der Waals surface area (Å²) in [5, 5.41) is 0. The van der Waals surface area contributed by atoms with Gasteiger partial charge in [-0.3, -0.25) is 38.8 Å². The lowest BCUT2D eigenvalue weighted by Crippen LogP contribution is -2.42. The first-order chi connectivity index (χ1) is 38.8. The maximum absolute atomic E-state index is 12.8. The number of Topliss-reactive ketones (excluding diaryl/α,β-unsaturated/α-hetero) is 4. The Bertz CT molecular complexity index is 2400. The highest BCUT2D eigenvalue weighted by molar-refractivity contribution is 6.04. The van der Waals surface area contributed by atoms with Gasteiger partial charge in [0.25, 0.3) is 0 Å². The Morgan fingerprint density at radius 3 is 0.679 bits per heavy atom. The van der Waals surface area contributed by atoms with E-state index in [9.17, 15) is 19.2 Å². The lowest BCUT2D eigenvalue weighted by molar-refractivity contribution is 0.0291. The Labute approximate surface area is 525 Å². The maximum Gasteiger partial charge on any atom is 0.169 e. The van der Waals surface area contributed by atoms with E-state index in [4.69, 9.17) is 18.9 Å². The summed E-state index contributed by atoms with van der Waals surface area (Å²) in [7, 11) is 0. The van der Waals surface area contributed by atoms with Gasteiger partial charge in [-0.05, 0) is 127 Å². The van der Waals surface area contributed by atoms with Gasteiger partial charge in [0.2, 0.25) is 0 Å². The monoisotopic (exact) mass is 1250 g/mol. The van der Waals surface area contributed by atoms with Gasteiger partial charge in [0, 0.05) is 170 Å². The summed E-state index contributed by atoms with van der Waals surface area (Å²) in [6, 6.07) is 0. The molecule has 16 nitrogen and oxygen atoms in total. The molecule has 4 N–H and O–H groups in total. The zero-order valence-corrected chi connectivity index (χ0v) is 54.9. The van der Waals surface area contributed by atoms with Gasteiger partial charge < -0.3 is 38.9 Å². The molecule has 4 saturated heterocycles. The molecule has 0 aromatic carbocycles. The van der Waals surface area contributed by atoms with E-state index in [1.54, 1.807) is 0 Å². The van der Waals surface area contributed by atoms with Crippen molar-refractivity contribution in [2.75, 3.05) is 131 Å². The number of carbonyl (C=O) groups is 4. The van der Waals surface area contributed by atoms with Crippen LogP contribution in [-0.2, 0) is 70.3 Å². The minimum atomic E-state index is 0. The average Bonchev–Trinajstić information content (AvgIpc) is 4.08. The molecule has 0 amide bonds. The van der Waals surface area contributed by atoms with Crippen LogP contribution in [0.25, 0.3) is 0 Å². The number of nitrogens with one attached hydrogen (secondary N) is 4. The zero-order chi connectivity index (χ0) is 56.5. The first-order valence-electron chi connectivity index (χ1n) is 31.0. The predicted molar refractivity (Wildman–Crippen MR) is 342 cm³/mol. The van der Waals surface area contributed by atoms with E-state index in [-0.39, 0.29) is 73.3 Å². The number of H-pyrrole nitrogens is 4. The summed E-state index contributed by atoms with van der Waals surface area (Å²) >= 11 is 0. The quantitative estimate of drug-likeness (QED) is 0.106. The van der Waals surface area contributed by atoms with Gasteiger partial charge in [-0.15, -0.1) is 49.6 Å². The van der Waals surface area contributed by atoms with Crippen molar-refractivity contribution in [3.05, 3.63) is 90.1 Å². The van der Waals surface area contributed by atoms with Gasteiger partial charge >= 0.3 is 0 Å². The molecule has 0 saturated carbocycles. The molecular formula is C64H100Cl4N8O8. The van der Waals surface area contributed by atoms with Crippen LogP contribution in [0, 0.1) is 51.4 Å². The van der Waals surface area contributed by atoms with Crippen molar-refractivity contribution in [2.45, 2.75) is 132 Å². The number of fused-ring (bicyclic) bond motifs is 4. The molecule has 4 unspecified atom stereocenters. The molecule has 4 aliphatic heterocycles. The number of rotatable bonds is 12. The summed E-state index contributed by atoms with van der Waals surface area (Å²) in [5.41, 5.74) is 18.4. The van der Waals surface area contributed by atoms with Crippen LogP contribution in [0.4, 0.5) is 0 Å². The number of aromatic amines is 4. The average molecular weight is 1250 g/mol. The maximum atomic E-state index is 12.8. The molecule has 8 aliphatic rings. The number of ketones is 4. The van der Waals surface area contributed by atoms with E-state index in [1.807, 2.05) is 0 Å². The Hall–Kier alpha value is -3.36. The number of hydrogen-bond donors (Lipinski definition) is 4. The number of ether oxygens (including phenoxy) is 4. The Morgan fingerprint density at radius 1 is 0.333 bits per heavy atom. The second kappa shape index (κ2) is 33.8. The Morgan fingerprint density at radius 2 is 0.512 bits per heavy atom. The predicted octanol–water partition coefficient (Wildman–Crippen LogP) is 9.54. The van der Waals surface area contributed by atoms with E-state index in [2.05, 4.69) is 94.9 Å². The number of aromatic nitrogens is 4. The molecule has 12 rings (SSSR count). The third-order valence-corrected chi connectivity index (χ3v) is 18.8. The van der Waals surface area contributed by atoms with Crippen LogP contribution >= 0.6 is 49.6 Å². The van der Waals surface area contributed by atoms with Gasteiger partial charge in [-0.2, -0.15) is 0 Å². The minimum absolute atomic E-state index is 0. The van der Waals surface area contributed by atoms with Crippen molar-refractivity contribution in [3.8, 4) is 0 Å². The van der Waals surface area contributed by atoms with Crippen molar-refractivity contribution < 1.29 is 38.1 Å². The normalized spacial score (nSPS) is 22.8. The van der Waals surface area contributed by atoms with Crippen molar-refractivity contribution in [3.63, 3.8) is 0 Å². The molecule has 4 atom stereocenters. The van der Waals surface area contributed by atoms with Crippen molar-refractivity contribution >= 4 is 72.8 Å². The third-order valence-electron chi connectivity index (χ3n) is 18.8. The second-order valence-electron chi connectivity index (χ2n) is 23.8. The first-order valence-corrected chi connectivity index (χ1v) is 31.0. The van der Waals surface area contributed by atoms with E-state index in [0.29, 0.717) is 23.1 Å². The number of nitrogens with zero attached hydrogens (tertiary/aromatic N) is 4. The molecule has 4 fully saturated rings. The van der Waals surface area contributed by atoms with E-state index < -0.39 is 0 Å². The fourth-order valence-corrected chi connectivity index (χ4v) is 14.3. The van der Waals surface area contributed by atoms with Crippen molar-refractivity contribution in [1.82, 2.24) is 39.5 Å². The molecule has 4 aliphatic carbocycles. The van der Waals surface area contributed by atoms with Gasteiger partial charge in [0.15, 0.2) is 23.1 Å². The van der Waals surface area contributed by atoms with E-state index in [1.165, 1.54) is 67.8 Å². The van der Waals surface area contributed by atoms with Crippen LogP contribution < -0.4 is 0 Å². The highest BCUT2D eigenvalue weighted by atomic mass is 35.5. The molecule has 0 bridgehead atoms. The Kier molecular flexibility index (Phi) is 28.8. The van der Waals surface area contributed by atoms with Crippen molar-refractivity contribution in [1.29, 1.82) is 0 Å². The molecule has 472 valence electrons. The summed E-state index contributed by atoms with van der Waals surface area (Å²) < 4.78 is 21.5. The summed E-state index contributed by atoms with van der Waals surface area (Å²) in [5.74, 6) is 2.11. The van der Waals surface area contributed by atoms with Gasteiger partial charge in [-0.1, -0.05) is 27.7 Å². The topological polar surface area (TPSA) is 181 Å². The van der Waals surface area contributed by atoms with Crippen LogP contribution in [0.1, 0.15) is 163 Å². The van der Waals surface area contributed by atoms with Gasteiger partial charge in [-0.25, -0.2) is 0 Å². The fraction of sp³-hybridized carbons (Fsp3) is 0.688. The summed E-state index contributed by atoms with van der Waals surface area (Å²) in [4.78, 5) is 74.4. The summed E-state index contributed by atoms with van der Waals surface area (Å²) in [6.07, 6.45) is 11.7. The zero-order valence-electron chi connectivity index (χ0n) is 51.6. The highest BCUT2D eigenvalue weighted by Crippen LogP contribution is 2.35. The second-order valence-corrected chi connectivity index (χ2v) is 23.8. The lowest BCUT2D eigenvalue weighted by atomic mass is 9.83. The van der Waals surface area contributed by atoms with E-state index >= 15 is 0 Å². The standard InChI is InChI=1S/4C16H24N2O2.4ClH/c4*1-3-13-11(2)17-14-5-4-12(16(19)15(13)14)10-18-6-8-20-9-7-18;;;;/h4*12,17H,3-10H2,1-2H3;4*1H. The largest absolute Gasteiger partial charge is 0.379 e. The molecule has 8 heterocycles. The molecule has 4 aromatic heterocycles. The number of hydrogen-bond acceptors (Lipinski definition) is 12. The van der Waals surface area contributed by atoms with Gasteiger partial charge in [0.1, 0.15) is 0 Å². The van der Waals surface area contributed by atoms with Crippen LogP contribution in [0.3, 0.4) is 0 Å². The highest BCUT2D eigenvalue weighted by Gasteiger charge is 2.37. The van der Waals surface area contributed by atoms with Gasteiger partial charge in [0.05, 0.1) is 52.9 Å². The number of carbonyl (C=O) groups excluding carboxylic acids is 4.